The number of rotatable bonds is 4. The minimum Gasteiger partial charge on any atom is -0.475 e. The Kier molecular flexibility index (Phi) is 4.23. The van der Waals surface area contributed by atoms with Crippen LogP contribution in [0.4, 0.5) is 24.7 Å². The second-order valence-corrected chi connectivity index (χ2v) is 7.81. The first-order valence-electron chi connectivity index (χ1n) is 9.74. The maximum atomic E-state index is 12.9. The minimum atomic E-state index is -4.44. The van der Waals surface area contributed by atoms with Gasteiger partial charge in [-0.25, -0.2) is 9.97 Å². The Balaban J connectivity index is 1.28. The fourth-order valence-electron chi connectivity index (χ4n) is 4.27. The normalized spacial score (nSPS) is 18.3. The number of pyridine rings is 1. The van der Waals surface area contributed by atoms with Crippen molar-refractivity contribution in [3.05, 3.63) is 30.2 Å². The Morgan fingerprint density at radius 1 is 1.20 bits per heavy atom. The van der Waals surface area contributed by atoms with E-state index in [0.717, 1.165) is 31.4 Å². The molecule has 5 heterocycles. The van der Waals surface area contributed by atoms with Crippen molar-refractivity contribution in [1.29, 1.82) is 0 Å². The van der Waals surface area contributed by atoms with E-state index in [-0.39, 0.29) is 5.41 Å². The Hall–Kier alpha value is -3.11. The van der Waals surface area contributed by atoms with Crippen LogP contribution in [0.1, 0.15) is 19.0 Å². The van der Waals surface area contributed by atoms with Crippen LogP contribution in [-0.4, -0.2) is 57.9 Å². The van der Waals surface area contributed by atoms with E-state index in [1.807, 2.05) is 11.8 Å². The molecule has 11 heteroatoms. The van der Waals surface area contributed by atoms with E-state index in [1.165, 1.54) is 6.20 Å². The molecule has 0 atom stereocenters. The summed E-state index contributed by atoms with van der Waals surface area (Å²) in [6.07, 6.45) is -0.549. The molecule has 8 nitrogen and oxygen atoms in total. The summed E-state index contributed by atoms with van der Waals surface area (Å²) in [4.78, 5) is 16.6. The summed E-state index contributed by atoms with van der Waals surface area (Å²) in [5.74, 6) is 1.20. The van der Waals surface area contributed by atoms with Crippen LogP contribution in [-0.2, 0) is 6.18 Å². The molecule has 2 fully saturated rings. The Labute approximate surface area is 170 Å². The van der Waals surface area contributed by atoms with Crippen molar-refractivity contribution in [1.82, 2.24) is 25.1 Å². The molecule has 1 spiro atoms. The molecule has 3 aromatic heterocycles. The largest absolute Gasteiger partial charge is 0.475 e. The summed E-state index contributed by atoms with van der Waals surface area (Å²) in [6, 6.07) is 2.75. The Morgan fingerprint density at radius 2 is 2.00 bits per heavy atom. The van der Waals surface area contributed by atoms with E-state index in [0.29, 0.717) is 42.4 Å². The second kappa shape index (κ2) is 6.71. The van der Waals surface area contributed by atoms with Crippen molar-refractivity contribution in [3.63, 3.8) is 0 Å². The summed E-state index contributed by atoms with van der Waals surface area (Å²) in [5.41, 5.74) is 0.918. The fourth-order valence-corrected chi connectivity index (χ4v) is 4.27. The van der Waals surface area contributed by atoms with E-state index in [1.54, 1.807) is 12.3 Å². The Morgan fingerprint density at radius 3 is 2.77 bits per heavy atom. The van der Waals surface area contributed by atoms with Crippen molar-refractivity contribution >= 4 is 22.7 Å². The van der Waals surface area contributed by atoms with Crippen LogP contribution < -0.4 is 14.5 Å². The van der Waals surface area contributed by atoms with E-state index >= 15 is 0 Å². The first-order chi connectivity index (χ1) is 14.4. The third-order valence-electron chi connectivity index (χ3n) is 5.72. The van der Waals surface area contributed by atoms with Gasteiger partial charge in [0.15, 0.2) is 11.2 Å². The number of hydrogen-bond acceptors (Lipinski definition) is 7. The quantitative estimate of drug-likeness (QED) is 0.696. The lowest BCUT2D eigenvalue weighted by atomic mass is 9.79. The molecule has 30 heavy (non-hydrogen) atoms. The van der Waals surface area contributed by atoms with Crippen molar-refractivity contribution in [2.75, 3.05) is 42.6 Å². The van der Waals surface area contributed by atoms with Gasteiger partial charge in [0.05, 0.1) is 12.8 Å². The molecule has 2 aliphatic rings. The van der Waals surface area contributed by atoms with Crippen LogP contribution in [0, 0.1) is 5.41 Å². The van der Waals surface area contributed by atoms with Gasteiger partial charge in [-0.3, -0.25) is 10.1 Å². The highest BCUT2D eigenvalue weighted by atomic mass is 19.4. The van der Waals surface area contributed by atoms with Crippen molar-refractivity contribution < 1.29 is 17.9 Å². The minimum absolute atomic E-state index is 0.0444. The molecule has 0 saturated carbocycles. The number of alkyl halides is 3. The van der Waals surface area contributed by atoms with Gasteiger partial charge in [0.1, 0.15) is 11.5 Å². The molecule has 2 aliphatic heterocycles. The number of aromatic nitrogens is 5. The highest BCUT2D eigenvalue weighted by molar-refractivity contribution is 5.77. The average molecular weight is 419 g/mol. The topological polar surface area (TPSA) is 83.1 Å². The first kappa shape index (κ1) is 18.9. The predicted molar refractivity (Wildman–Crippen MR) is 104 cm³/mol. The summed E-state index contributed by atoms with van der Waals surface area (Å²) >= 11 is 0. The number of nitrogens with one attached hydrogen (secondary N) is 1. The van der Waals surface area contributed by atoms with Gasteiger partial charge in [-0.2, -0.15) is 13.2 Å². The van der Waals surface area contributed by atoms with Crippen LogP contribution in [0.15, 0.2) is 24.5 Å². The molecule has 0 amide bonds. The lowest BCUT2D eigenvalue weighted by Crippen LogP contribution is -2.57. The molecule has 0 aliphatic carbocycles. The number of hydrogen-bond donors (Lipinski definition) is 1. The standard InChI is InChI=1S/C19H20F3N7O/c1-2-30-17-15-16(26-27-17)25-14(8-24-15)28-6-4-18(9-28)10-29(11-18)12-3-5-23-13(7-12)19(20,21)22/h3,5,7-8H,2,4,6,9-11H2,1H3,(H,25,26,27). The number of nitrogens with zero attached hydrogens (tertiary/aromatic N) is 6. The van der Waals surface area contributed by atoms with E-state index in [9.17, 15) is 13.2 Å². The molecular weight excluding hydrogens is 399 g/mol. The number of aromatic amines is 1. The average Bonchev–Trinajstić information content (AvgIpc) is 3.31. The van der Waals surface area contributed by atoms with Gasteiger partial charge in [-0.15, -0.1) is 5.10 Å². The third kappa shape index (κ3) is 3.17. The molecule has 5 rings (SSSR count). The van der Waals surface area contributed by atoms with Gasteiger partial charge in [0.2, 0.25) is 0 Å². The highest BCUT2D eigenvalue weighted by Crippen LogP contribution is 2.43. The zero-order valence-electron chi connectivity index (χ0n) is 16.3. The summed E-state index contributed by atoms with van der Waals surface area (Å²) in [7, 11) is 0. The molecule has 1 N–H and O–H groups in total. The van der Waals surface area contributed by atoms with Crippen LogP contribution in [0.2, 0.25) is 0 Å². The van der Waals surface area contributed by atoms with Gasteiger partial charge in [-0.1, -0.05) is 0 Å². The zero-order chi connectivity index (χ0) is 20.9. The monoisotopic (exact) mass is 419 g/mol. The number of fused-ring (bicyclic) bond motifs is 1. The van der Waals surface area contributed by atoms with Gasteiger partial charge in [-0.05, 0) is 25.5 Å². The number of ether oxygens (including phenoxy) is 1. The molecule has 3 aromatic rings. The zero-order valence-corrected chi connectivity index (χ0v) is 16.3. The molecule has 0 radical (unpaired) electrons. The van der Waals surface area contributed by atoms with Crippen LogP contribution in [0.3, 0.4) is 0 Å². The molecular formula is C19H20F3N7O. The summed E-state index contributed by atoms with van der Waals surface area (Å²) in [5, 5.41) is 6.94. The number of H-pyrrole nitrogens is 1. The van der Waals surface area contributed by atoms with Gasteiger partial charge < -0.3 is 14.5 Å². The highest BCUT2D eigenvalue weighted by Gasteiger charge is 2.48. The molecule has 2 saturated heterocycles. The number of anilines is 2. The van der Waals surface area contributed by atoms with Crippen LogP contribution in [0.25, 0.3) is 11.2 Å². The molecule has 0 unspecified atom stereocenters. The van der Waals surface area contributed by atoms with Crippen LogP contribution >= 0.6 is 0 Å². The van der Waals surface area contributed by atoms with Gasteiger partial charge in [0.25, 0.3) is 5.88 Å². The lowest BCUT2D eigenvalue weighted by molar-refractivity contribution is -0.141. The lowest BCUT2D eigenvalue weighted by Gasteiger charge is -2.49. The molecule has 0 bridgehead atoms. The first-order valence-corrected chi connectivity index (χ1v) is 9.74. The van der Waals surface area contributed by atoms with Gasteiger partial charge >= 0.3 is 6.18 Å². The smallest absolute Gasteiger partial charge is 0.433 e. The molecule has 158 valence electrons. The Bertz CT molecular complexity index is 1080. The summed E-state index contributed by atoms with van der Waals surface area (Å²) in [6.45, 7) is 5.40. The maximum absolute atomic E-state index is 12.9. The van der Waals surface area contributed by atoms with E-state index in [4.69, 9.17) is 4.74 Å². The van der Waals surface area contributed by atoms with Crippen molar-refractivity contribution in [2.24, 2.45) is 5.41 Å². The second-order valence-electron chi connectivity index (χ2n) is 7.81. The SMILES string of the molecule is CCOc1n[nH]c2nc(N3CCC4(CN(c5ccnc(C(F)(F)F)c5)C4)C3)cnc12. The maximum Gasteiger partial charge on any atom is 0.433 e. The summed E-state index contributed by atoms with van der Waals surface area (Å²) < 4.78 is 44.2. The number of halogens is 3. The van der Waals surface area contributed by atoms with Crippen molar-refractivity contribution in [3.8, 4) is 5.88 Å². The van der Waals surface area contributed by atoms with E-state index in [2.05, 4.69) is 30.0 Å². The van der Waals surface area contributed by atoms with Crippen LogP contribution in [0.5, 0.6) is 5.88 Å². The van der Waals surface area contributed by atoms with E-state index < -0.39 is 11.9 Å². The third-order valence-corrected chi connectivity index (χ3v) is 5.72. The van der Waals surface area contributed by atoms with Gasteiger partial charge in [0, 0.05) is 43.5 Å². The fraction of sp³-hybridized carbons (Fsp3) is 0.474. The molecule has 0 aromatic carbocycles. The predicted octanol–water partition coefficient (Wildman–Crippen LogP) is 2.88. The van der Waals surface area contributed by atoms with Crippen molar-refractivity contribution in [2.45, 2.75) is 19.5 Å².